The Morgan fingerprint density at radius 1 is 0.738 bits per heavy atom. The second-order valence-electron chi connectivity index (χ2n) is 21.9. The first kappa shape index (κ1) is 66.3. The normalized spacial score (nSPS) is 32.3. The topological polar surface area (TPSA) is 366 Å². The molecule has 8 N–H and O–H groups in total. The summed E-state index contributed by atoms with van der Waals surface area (Å²) in [4.78, 5) is 97.6. The maximum Gasteiger partial charge on any atom is 0.330 e. The summed E-state index contributed by atoms with van der Waals surface area (Å²) >= 11 is 0. The van der Waals surface area contributed by atoms with Crippen molar-refractivity contribution in [2.24, 2.45) is 17.6 Å². The van der Waals surface area contributed by atoms with Gasteiger partial charge in [-0.15, -0.1) is 0 Å². The van der Waals surface area contributed by atoms with Crippen molar-refractivity contribution >= 4 is 29.8 Å². The molecule has 27 nitrogen and oxygen atoms in total. The SMILES string of the molecule is COC1C(C)OC(OC(=O)CC(C)CC(=O)OC(CCCCCCCCCCC(C)C)CC(=O)OC2CN(C)C(C(O[C@@H]3O[C@H](CN)[C@@H](O)[C@H]3O)[C@H]3O[C@@H](n4ccc(=O)[nH]c4=O)[C@H](O)[C@@H]3O)C(=O)N(C)C2C(=O)O)C(OC)C1OC. The molecule has 80 heavy (non-hydrogen) atoms. The standard InChI is InChI=1S/C53H87N5O22/c1-27(2)18-16-14-12-10-11-13-15-17-19-30(75-34(60)22-28(3)23-35(61)78-52-47(73-9)46(72-8)43(71-7)29(4)74-52)24-36(62)76-32-26-56(5)38(48(67)57(6)37(32)50(68)69)44(80-51-42(66)39(63)31(25-54)77-51)45-40(64)41(65)49(79-45)58-21-20-33(59)55-53(58)70/h20-21,27-32,37-47,49,51-52,63-66H,10-19,22-26,54H2,1-9H3,(H,68,69)(H,55,59,70)/t28?,29?,30?,31-,32?,37?,38?,39-,40+,41-,42-,43?,44?,45+,46?,47?,49-,51+,52?/m1/s1. The molecule has 0 radical (unpaired) electrons. The van der Waals surface area contributed by atoms with Gasteiger partial charge in [0.05, 0.1) is 12.5 Å². The largest absolute Gasteiger partial charge is 0.480 e. The van der Waals surface area contributed by atoms with E-state index in [-0.39, 0.29) is 25.8 Å². The van der Waals surface area contributed by atoms with Crippen LogP contribution in [0.1, 0.15) is 117 Å². The van der Waals surface area contributed by atoms with Gasteiger partial charge in [-0.25, -0.2) is 9.59 Å². The molecule has 0 aromatic carbocycles. The van der Waals surface area contributed by atoms with Crippen molar-refractivity contribution in [2.75, 3.05) is 48.5 Å². The molecule has 4 aliphatic rings. The number of carbonyl (C=O) groups excluding carboxylic acids is 4. The van der Waals surface area contributed by atoms with Crippen molar-refractivity contribution in [3.63, 3.8) is 0 Å². The quantitative estimate of drug-likeness (QED) is 0.0295. The van der Waals surface area contributed by atoms with Crippen LogP contribution >= 0.6 is 0 Å². The van der Waals surface area contributed by atoms with E-state index >= 15 is 0 Å². The number of aromatic nitrogens is 2. The molecule has 0 aliphatic carbocycles. The highest BCUT2D eigenvalue weighted by atomic mass is 16.7. The minimum Gasteiger partial charge on any atom is -0.480 e. The van der Waals surface area contributed by atoms with E-state index in [0.29, 0.717) is 12.3 Å². The maximum absolute atomic E-state index is 14.7. The number of rotatable bonds is 30. The van der Waals surface area contributed by atoms with Crippen LogP contribution in [0.3, 0.4) is 0 Å². The van der Waals surface area contributed by atoms with Gasteiger partial charge in [0, 0.05) is 66.6 Å². The van der Waals surface area contributed by atoms with Gasteiger partial charge < -0.3 is 83.5 Å². The van der Waals surface area contributed by atoms with E-state index in [4.69, 9.17) is 53.1 Å². The fraction of sp³-hybridized carbons (Fsp3) is 0.830. The van der Waals surface area contributed by atoms with E-state index in [2.05, 4.69) is 13.8 Å². The Balaban J connectivity index is 1.32. The molecule has 11 unspecified atom stereocenters. The van der Waals surface area contributed by atoms with Gasteiger partial charge in [-0.2, -0.15) is 0 Å². The maximum atomic E-state index is 14.7. The van der Waals surface area contributed by atoms with Gasteiger partial charge in [0.25, 0.3) is 5.56 Å². The number of hydrogen-bond donors (Lipinski definition) is 7. The Hall–Kier alpha value is -4.49. The Bertz CT molecular complexity index is 2270. The molecular weight excluding hydrogens is 1060 g/mol. The molecule has 5 rings (SSSR count). The van der Waals surface area contributed by atoms with Crippen LogP contribution in [0.25, 0.3) is 0 Å². The van der Waals surface area contributed by atoms with Gasteiger partial charge in [0.15, 0.2) is 18.6 Å². The molecular formula is C53H87N5O22. The predicted octanol–water partition coefficient (Wildman–Crippen LogP) is -0.308. The van der Waals surface area contributed by atoms with Crippen LogP contribution in [0.2, 0.25) is 0 Å². The number of nitrogens with zero attached hydrogens (tertiary/aromatic N) is 3. The number of aliphatic hydroxyl groups excluding tert-OH is 4. The Morgan fingerprint density at radius 2 is 1.34 bits per heavy atom. The number of likely N-dealkylation sites (N-methyl/N-ethyl adjacent to an activating group) is 2. The number of nitrogens with one attached hydrogen (secondary N) is 1. The molecule has 1 aromatic rings. The van der Waals surface area contributed by atoms with Crippen LogP contribution < -0.4 is 17.0 Å². The summed E-state index contributed by atoms with van der Waals surface area (Å²) in [6.07, 6.45) is -12.6. The van der Waals surface area contributed by atoms with E-state index in [1.54, 1.807) is 13.8 Å². The molecule has 1 amide bonds. The molecule has 4 saturated heterocycles. The van der Waals surface area contributed by atoms with Crippen molar-refractivity contribution in [1.29, 1.82) is 0 Å². The predicted molar refractivity (Wildman–Crippen MR) is 279 cm³/mol. The Labute approximate surface area is 465 Å². The lowest BCUT2D eigenvalue weighted by molar-refractivity contribution is -0.297. The van der Waals surface area contributed by atoms with Crippen LogP contribution in [0, 0.1) is 11.8 Å². The highest BCUT2D eigenvalue weighted by Crippen LogP contribution is 2.37. The summed E-state index contributed by atoms with van der Waals surface area (Å²) in [6.45, 7) is 7.01. The van der Waals surface area contributed by atoms with Gasteiger partial charge in [-0.3, -0.25) is 38.4 Å². The van der Waals surface area contributed by atoms with E-state index in [0.717, 1.165) is 67.3 Å². The number of aliphatic carboxylic acids is 1. The Morgan fingerprint density at radius 3 is 1.91 bits per heavy atom. The number of hydrogen-bond acceptors (Lipinski definition) is 23. The number of nitrogens with two attached hydrogens (primary N) is 1. The smallest absolute Gasteiger partial charge is 0.330 e. The molecule has 1 aromatic heterocycles. The monoisotopic (exact) mass is 1150 g/mol. The molecule has 0 bridgehead atoms. The van der Waals surface area contributed by atoms with Crippen molar-refractivity contribution in [3.8, 4) is 0 Å². The zero-order valence-corrected chi connectivity index (χ0v) is 47.4. The number of methoxy groups -OCH3 is 3. The van der Waals surface area contributed by atoms with Gasteiger partial charge >= 0.3 is 29.6 Å². The second-order valence-corrected chi connectivity index (χ2v) is 21.9. The van der Waals surface area contributed by atoms with Gasteiger partial charge in [-0.05, 0) is 38.6 Å². The average Bonchev–Trinajstić information content (AvgIpc) is 3.83. The van der Waals surface area contributed by atoms with Crippen molar-refractivity contribution in [1.82, 2.24) is 19.4 Å². The van der Waals surface area contributed by atoms with Crippen LogP contribution in [0.5, 0.6) is 0 Å². The zero-order chi connectivity index (χ0) is 59.1. The molecule has 456 valence electrons. The van der Waals surface area contributed by atoms with E-state index in [1.165, 1.54) is 46.1 Å². The summed E-state index contributed by atoms with van der Waals surface area (Å²) in [5.41, 5.74) is 3.95. The number of unbranched alkanes of at least 4 members (excludes halogenated alkanes) is 7. The first-order chi connectivity index (χ1) is 38.0. The van der Waals surface area contributed by atoms with Gasteiger partial charge in [0.1, 0.15) is 79.3 Å². The number of carboxylic acids is 1. The number of carboxylic acid groups (broad SMARTS) is 1. The summed E-state index contributed by atoms with van der Waals surface area (Å²) in [7, 11) is 6.88. The zero-order valence-electron chi connectivity index (χ0n) is 47.4. The van der Waals surface area contributed by atoms with Crippen LogP contribution in [0.4, 0.5) is 0 Å². The fourth-order valence-corrected chi connectivity index (χ4v) is 11.0. The lowest BCUT2D eigenvalue weighted by atomic mass is 9.97. The van der Waals surface area contributed by atoms with E-state index in [9.17, 15) is 59.1 Å². The number of ether oxygens (including phenoxy) is 10. The van der Waals surface area contributed by atoms with Crippen LogP contribution in [-0.2, 0) is 71.3 Å². The number of H-pyrrole nitrogens is 1. The summed E-state index contributed by atoms with van der Waals surface area (Å²) in [5, 5.41) is 55.2. The van der Waals surface area contributed by atoms with E-state index < -0.39 is 170 Å². The molecule has 27 heteroatoms. The first-order valence-corrected chi connectivity index (χ1v) is 27.7. The van der Waals surface area contributed by atoms with Crippen molar-refractivity contribution < 1.29 is 96.9 Å². The third kappa shape index (κ3) is 17.3. The number of esters is 3. The van der Waals surface area contributed by atoms with Gasteiger partial charge in [0.2, 0.25) is 12.2 Å². The third-order valence-electron chi connectivity index (χ3n) is 15.3. The second kappa shape index (κ2) is 31.2. The van der Waals surface area contributed by atoms with Crippen molar-refractivity contribution in [2.45, 2.75) is 221 Å². The van der Waals surface area contributed by atoms with Crippen LogP contribution in [-0.4, -0.2) is 227 Å². The highest BCUT2D eigenvalue weighted by Gasteiger charge is 2.57. The fourth-order valence-electron chi connectivity index (χ4n) is 11.0. The van der Waals surface area contributed by atoms with Gasteiger partial charge in [-0.1, -0.05) is 72.1 Å². The third-order valence-corrected chi connectivity index (χ3v) is 15.3. The summed E-state index contributed by atoms with van der Waals surface area (Å²) in [6, 6.07) is -2.60. The summed E-state index contributed by atoms with van der Waals surface area (Å²) in [5.74, 6) is -4.92. The number of aromatic amines is 1. The lowest BCUT2D eigenvalue weighted by Crippen LogP contribution is -2.59. The first-order valence-electron chi connectivity index (χ1n) is 27.7. The minimum atomic E-state index is -1.97. The minimum absolute atomic E-state index is 0.216. The average molecular weight is 1150 g/mol. The highest BCUT2D eigenvalue weighted by molar-refractivity contribution is 5.88. The van der Waals surface area contributed by atoms with E-state index in [1.807, 2.05) is 4.98 Å². The molecule has 0 spiro atoms. The molecule has 5 heterocycles. The summed E-state index contributed by atoms with van der Waals surface area (Å²) < 4.78 is 58.8. The number of aliphatic hydroxyl groups is 4. The molecule has 19 atom stereocenters. The molecule has 0 saturated carbocycles. The number of amides is 1. The molecule has 4 fully saturated rings. The molecule has 4 aliphatic heterocycles. The Kier molecular flexibility index (Phi) is 25.9. The van der Waals surface area contributed by atoms with Crippen LogP contribution in [0.15, 0.2) is 21.9 Å². The number of carbonyl (C=O) groups is 5. The van der Waals surface area contributed by atoms with Crippen molar-refractivity contribution in [3.05, 3.63) is 33.1 Å². The lowest BCUT2D eigenvalue weighted by Gasteiger charge is -2.43.